The number of morpholine rings is 1. The Hall–Kier alpha value is -2.65. The fraction of sp³-hybridized carbons (Fsp3) is 0.316. The van der Waals surface area contributed by atoms with Crippen LogP contribution in [0.25, 0.3) is 0 Å². The van der Waals surface area contributed by atoms with Crippen molar-refractivity contribution in [3.05, 3.63) is 46.6 Å². The van der Waals surface area contributed by atoms with Crippen LogP contribution in [0.4, 0.5) is 22.0 Å². The summed E-state index contributed by atoms with van der Waals surface area (Å²) in [4.78, 5) is 30.4. The number of halogens is 1. The largest absolute Gasteiger partial charge is 0.378 e. The summed E-state index contributed by atoms with van der Waals surface area (Å²) in [7, 11) is 0. The smallest absolute Gasteiger partial charge is 0.320 e. The lowest BCUT2D eigenvalue weighted by molar-refractivity contribution is -0.115. The molecule has 1 aromatic heterocycles. The quantitative estimate of drug-likeness (QED) is 0.654. The molecule has 0 radical (unpaired) electrons. The van der Waals surface area contributed by atoms with E-state index in [4.69, 9.17) is 4.74 Å². The Morgan fingerprint density at radius 3 is 2.64 bits per heavy atom. The second-order valence-electron chi connectivity index (χ2n) is 6.32. The fourth-order valence-electron chi connectivity index (χ4n) is 2.72. The van der Waals surface area contributed by atoms with Gasteiger partial charge in [-0.2, -0.15) is 0 Å². The van der Waals surface area contributed by atoms with E-state index in [0.717, 1.165) is 28.8 Å². The first kappa shape index (κ1) is 20.1. The van der Waals surface area contributed by atoms with Gasteiger partial charge in [-0.05, 0) is 42.8 Å². The molecule has 0 bridgehead atoms. The molecule has 0 saturated carbocycles. The zero-order chi connectivity index (χ0) is 19.9. The highest BCUT2D eigenvalue weighted by atomic mass is 79.9. The maximum absolute atomic E-state index is 12.0. The first-order chi connectivity index (χ1) is 13.5. The molecule has 0 aliphatic carbocycles. The van der Waals surface area contributed by atoms with Crippen LogP contribution in [-0.2, 0) is 9.53 Å². The number of amides is 3. The average Bonchev–Trinajstić information content (AvgIpc) is 2.70. The van der Waals surface area contributed by atoms with Gasteiger partial charge >= 0.3 is 6.03 Å². The number of hydrogen-bond donors (Lipinski definition) is 3. The van der Waals surface area contributed by atoms with Gasteiger partial charge in [0.05, 0.1) is 31.6 Å². The van der Waals surface area contributed by atoms with Crippen LogP contribution in [0.1, 0.15) is 5.56 Å². The summed E-state index contributed by atoms with van der Waals surface area (Å²) in [6.07, 6.45) is 1.71. The predicted octanol–water partition coefficient (Wildman–Crippen LogP) is 2.75. The van der Waals surface area contributed by atoms with Gasteiger partial charge in [-0.15, -0.1) is 0 Å². The van der Waals surface area contributed by atoms with Gasteiger partial charge in [0.15, 0.2) is 0 Å². The molecule has 3 rings (SSSR count). The lowest BCUT2D eigenvalue weighted by Gasteiger charge is -2.28. The molecular weight excluding hydrogens is 426 g/mol. The molecule has 3 amide bonds. The summed E-state index contributed by atoms with van der Waals surface area (Å²) in [5.74, 6) is 0.103. The first-order valence-corrected chi connectivity index (χ1v) is 9.70. The van der Waals surface area contributed by atoms with Gasteiger partial charge < -0.3 is 20.3 Å². The molecule has 1 saturated heterocycles. The molecular formula is C19H22BrN5O3. The summed E-state index contributed by atoms with van der Waals surface area (Å²) >= 11 is 3.41. The van der Waals surface area contributed by atoms with E-state index in [0.29, 0.717) is 24.7 Å². The second kappa shape index (κ2) is 9.52. The molecule has 148 valence electrons. The van der Waals surface area contributed by atoms with Crippen molar-refractivity contribution in [2.75, 3.05) is 48.4 Å². The minimum Gasteiger partial charge on any atom is -0.378 e. The Bertz CT molecular complexity index is 838. The van der Waals surface area contributed by atoms with Gasteiger partial charge in [-0.3, -0.25) is 10.1 Å². The standard InChI is InChI=1S/C19H22BrN5O3/c1-13-10-14(2-4-16(13)20)23-18(26)12-22-19(27)24-17-5-3-15(11-21-17)25-6-8-28-9-7-25/h2-5,10-11H,6-9,12H2,1H3,(H,23,26)(H2,21,22,24,27). The zero-order valence-corrected chi connectivity index (χ0v) is 17.1. The predicted molar refractivity (Wildman–Crippen MR) is 112 cm³/mol. The van der Waals surface area contributed by atoms with Crippen LogP contribution in [0.2, 0.25) is 0 Å². The fourth-order valence-corrected chi connectivity index (χ4v) is 2.96. The molecule has 3 N–H and O–H groups in total. The van der Waals surface area contributed by atoms with E-state index in [1.807, 2.05) is 25.1 Å². The van der Waals surface area contributed by atoms with Crippen molar-refractivity contribution in [2.45, 2.75) is 6.92 Å². The topological polar surface area (TPSA) is 95.6 Å². The summed E-state index contributed by atoms with van der Waals surface area (Å²) in [6.45, 7) is 4.83. The number of nitrogens with zero attached hydrogens (tertiary/aromatic N) is 2. The molecule has 0 spiro atoms. The monoisotopic (exact) mass is 447 g/mol. The lowest BCUT2D eigenvalue weighted by Crippen LogP contribution is -2.36. The third-order valence-corrected chi connectivity index (χ3v) is 5.11. The molecule has 0 atom stereocenters. The molecule has 8 nitrogen and oxygen atoms in total. The molecule has 1 aliphatic rings. The molecule has 0 unspecified atom stereocenters. The van der Waals surface area contributed by atoms with E-state index in [9.17, 15) is 9.59 Å². The number of anilines is 3. The highest BCUT2D eigenvalue weighted by Gasteiger charge is 2.12. The second-order valence-corrected chi connectivity index (χ2v) is 7.18. The minimum absolute atomic E-state index is 0.146. The number of aryl methyl sites for hydroxylation is 1. The molecule has 1 aromatic carbocycles. The van der Waals surface area contributed by atoms with E-state index in [1.54, 1.807) is 18.3 Å². The van der Waals surface area contributed by atoms with Crippen molar-refractivity contribution in [2.24, 2.45) is 0 Å². The summed E-state index contributed by atoms with van der Waals surface area (Å²) in [5, 5.41) is 7.87. The Morgan fingerprint density at radius 2 is 1.96 bits per heavy atom. The van der Waals surface area contributed by atoms with Crippen molar-refractivity contribution in [1.82, 2.24) is 10.3 Å². The Balaban J connectivity index is 1.44. The van der Waals surface area contributed by atoms with Crippen molar-refractivity contribution in [3.8, 4) is 0 Å². The van der Waals surface area contributed by atoms with Gasteiger partial charge in [-0.25, -0.2) is 9.78 Å². The maximum Gasteiger partial charge on any atom is 0.320 e. The number of urea groups is 1. The van der Waals surface area contributed by atoms with Crippen LogP contribution >= 0.6 is 15.9 Å². The van der Waals surface area contributed by atoms with Gasteiger partial charge in [0.2, 0.25) is 5.91 Å². The average molecular weight is 448 g/mol. The van der Waals surface area contributed by atoms with Crippen LogP contribution in [-0.4, -0.2) is 49.8 Å². The zero-order valence-electron chi connectivity index (χ0n) is 15.5. The van der Waals surface area contributed by atoms with Crippen LogP contribution in [0.3, 0.4) is 0 Å². The molecule has 9 heteroatoms. The first-order valence-electron chi connectivity index (χ1n) is 8.91. The molecule has 1 aliphatic heterocycles. The minimum atomic E-state index is -0.492. The van der Waals surface area contributed by atoms with Crippen molar-refractivity contribution in [1.29, 1.82) is 0 Å². The summed E-state index contributed by atoms with van der Waals surface area (Å²) < 4.78 is 6.30. The van der Waals surface area contributed by atoms with E-state index >= 15 is 0 Å². The molecule has 2 heterocycles. The Labute approximate surface area is 171 Å². The molecule has 2 aromatic rings. The lowest BCUT2D eigenvalue weighted by atomic mass is 10.2. The number of rotatable bonds is 5. The van der Waals surface area contributed by atoms with Crippen molar-refractivity contribution < 1.29 is 14.3 Å². The van der Waals surface area contributed by atoms with E-state index < -0.39 is 6.03 Å². The van der Waals surface area contributed by atoms with Gasteiger partial charge in [0, 0.05) is 23.2 Å². The van der Waals surface area contributed by atoms with Gasteiger partial charge in [-0.1, -0.05) is 15.9 Å². The number of carbonyl (C=O) groups excluding carboxylic acids is 2. The van der Waals surface area contributed by atoms with Gasteiger partial charge in [0.25, 0.3) is 0 Å². The Morgan fingerprint density at radius 1 is 1.18 bits per heavy atom. The number of aromatic nitrogens is 1. The summed E-state index contributed by atoms with van der Waals surface area (Å²) in [5.41, 5.74) is 2.67. The Kier molecular flexibility index (Phi) is 6.83. The van der Waals surface area contributed by atoms with E-state index in [1.165, 1.54) is 0 Å². The van der Waals surface area contributed by atoms with Crippen LogP contribution in [0.5, 0.6) is 0 Å². The molecule has 28 heavy (non-hydrogen) atoms. The highest BCUT2D eigenvalue weighted by Crippen LogP contribution is 2.20. The van der Waals surface area contributed by atoms with Crippen molar-refractivity contribution >= 4 is 45.1 Å². The number of carbonyl (C=O) groups is 2. The maximum atomic E-state index is 12.0. The summed E-state index contributed by atoms with van der Waals surface area (Å²) in [6, 6.07) is 8.63. The number of nitrogens with one attached hydrogen (secondary N) is 3. The third kappa shape index (κ3) is 5.67. The highest BCUT2D eigenvalue weighted by molar-refractivity contribution is 9.10. The number of hydrogen-bond acceptors (Lipinski definition) is 5. The normalized spacial score (nSPS) is 13.7. The SMILES string of the molecule is Cc1cc(NC(=O)CNC(=O)Nc2ccc(N3CCOCC3)cn2)ccc1Br. The van der Waals surface area contributed by atoms with Crippen LogP contribution in [0.15, 0.2) is 41.0 Å². The molecule has 1 fully saturated rings. The van der Waals surface area contributed by atoms with Crippen LogP contribution in [0, 0.1) is 6.92 Å². The third-order valence-electron chi connectivity index (χ3n) is 4.22. The van der Waals surface area contributed by atoms with Gasteiger partial charge in [0.1, 0.15) is 5.82 Å². The number of benzene rings is 1. The van der Waals surface area contributed by atoms with E-state index in [2.05, 4.69) is 41.8 Å². The van der Waals surface area contributed by atoms with Crippen LogP contribution < -0.4 is 20.9 Å². The van der Waals surface area contributed by atoms with E-state index in [-0.39, 0.29) is 12.5 Å². The number of pyridine rings is 1. The number of ether oxygens (including phenoxy) is 1. The van der Waals surface area contributed by atoms with Crippen molar-refractivity contribution in [3.63, 3.8) is 0 Å².